The first-order valence-corrected chi connectivity index (χ1v) is 9.19. The maximum Gasteiger partial charge on any atom is 0.243 e. The lowest BCUT2D eigenvalue weighted by molar-refractivity contribution is -0.127. The maximum absolute atomic E-state index is 11.9. The minimum atomic E-state index is -0.0398. The highest BCUT2D eigenvalue weighted by Gasteiger charge is 2.46. The second-order valence-corrected chi connectivity index (χ2v) is 7.90. The largest absolute Gasteiger partial charge is 0.347 e. The van der Waals surface area contributed by atoms with E-state index < -0.39 is 0 Å². The normalized spacial score (nSPS) is 22.4. The Labute approximate surface area is 151 Å². The predicted molar refractivity (Wildman–Crippen MR) is 99.3 cm³/mol. The molecule has 1 N–H and O–H groups in total. The van der Waals surface area contributed by atoms with Gasteiger partial charge in [0.2, 0.25) is 11.8 Å². The van der Waals surface area contributed by atoms with Crippen LogP contribution in [-0.2, 0) is 9.59 Å². The molecule has 7 nitrogen and oxygen atoms in total. The van der Waals surface area contributed by atoms with Crippen molar-refractivity contribution in [3.63, 3.8) is 0 Å². The standard InChI is InChI=1S/C18H33N5O2/c1-14-7-10-23(13-18(14)8-6-9-18)17(19-11-15(24)21(2)3)20-12-16(25)22(4)5/h14H,6-13H2,1-5H3,(H,19,20). The molecular weight excluding hydrogens is 318 g/mol. The topological polar surface area (TPSA) is 68.2 Å². The Morgan fingerprint density at radius 3 is 2.32 bits per heavy atom. The van der Waals surface area contributed by atoms with E-state index >= 15 is 0 Å². The molecule has 25 heavy (non-hydrogen) atoms. The van der Waals surface area contributed by atoms with Crippen LogP contribution in [0.4, 0.5) is 0 Å². The highest BCUT2D eigenvalue weighted by Crippen LogP contribution is 2.50. The molecule has 2 fully saturated rings. The number of guanidine groups is 1. The van der Waals surface area contributed by atoms with Gasteiger partial charge in [0.15, 0.2) is 5.96 Å². The molecule has 0 aromatic rings. The number of nitrogens with one attached hydrogen (secondary N) is 1. The Balaban J connectivity index is 2.08. The fraction of sp³-hybridized carbons (Fsp3) is 0.833. The van der Waals surface area contributed by atoms with Crippen LogP contribution < -0.4 is 5.32 Å². The number of hydrogen-bond acceptors (Lipinski definition) is 3. The lowest BCUT2D eigenvalue weighted by Gasteiger charge is -2.53. The molecule has 0 aromatic carbocycles. The van der Waals surface area contributed by atoms with Crippen LogP contribution in [0.15, 0.2) is 4.99 Å². The van der Waals surface area contributed by atoms with Crippen molar-refractivity contribution in [1.82, 2.24) is 20.0 Å². The molecule has 1 unspecified atom stereocenters. The molecule has 2 rings (SSSR count). The molecule has 0 radical (unpaired) electrons. The highest BCUT2D eigenvalue weighted by atomic mass is 16.2. The van der Waals surface area contributed by atoms with Gasteiger partial charge >= 0.3 is 0 Å². The van der Waals surface area contributed by atoms with Gasteiger partial charge in [-0.2, -0.15) is 0 Å². The summed E-state index contributed by atoms with van der Waals surface area (Å²) in [5.41, 5.74) is 0.387. The van der Waals surface area contributed by atoms with Crippen molar-refractivity contribution in [3.05, 3.63) is 0 Å². The smallest absolute Gasteiger partial charge is 0.243 e. The number of likely N-dealkylation sites (N-methyl/N-ethyl adjacent to an activating group) is 2. The molecule has 1 saturated carbocycles. The first kappa shape index (κ1) is 19.5. The van der Waals surface area contributed by atoms with Gasteiger partial charge in [0.25, 0.3) is 0 Å². The van der Waals surface area contributed by atoms with Gasteiger partial charge in [-0.15, -0.1) is 0 Å². The van der Waals surface area contributed by atoms with E-state index in [1.165, 1.54) is 24.2 Å². The van der Waals surface area contributed by atoms with Gasteiger partial charge in [-0.1, -0.05) is 13.3 Å². The van der Waals surface area contributed by atoms with E-state index in [0.29, 0.717) is 11.4 Å². The molecule has 1 saturated heterocycles. The molecule has 142 valence electrons. The van der Waals surface area contributed by atoms with Crippen molar-refractivity contribution in [2.45, 2.75) is 32.6 Å². The summed E-state index contributed by atoms with van der Waals surface area (Å²) in [6.07, 6.45) is 4.97. The minimum Gasteiger partial charge on any atom is -0.347 e. The van der Waals surface area contributed by atoms with Crippen LogP contribution in [0.5, 0.6) is 0 Å². The van der Waals surface area contributed by atoms with Crippen molar-refractivity contribution < 1.29 is 9.59 Å². The first-order valence-electron chi connectivity index (χ1n) is 9.19. The van der Waals surface area contributed by atoms with Crippen molar-refractivity contribution in [2.24, 2.45) is 16.3 Å². The zero-order chi connectivity index (χ0) is 18.6. The number of hydrogen-bond donors (Lipinski definition) is 1. The minimum absolute atomic E-state index is 0.00429. The van der Waals surface area contributed by atoms with Crippen LogP contribution in [0.2, 0.25) is 0 Å². The van der Waals surface area contributed by atoms with Gasteiger partial charge in [-0.25, -0.2) is 4.99 Å². The summed E-state index contributed by atoms with van der Waals surface area (Å²) in [4.78, 5) is 33.7. The van der Waals surface area contributed by atoms with Gasteiger partial charge in [-0.3, -0.25) is 9.59 Å². The summed E-state index contributed by atoms with van der Waals surface area (Å²) in [5, 5.41) is 3.18. The SMILES string of the molecule is CC1CCN(C(=NCC(=O)N(C)C)NCC(=O)N(C)C)CC12CCC2. The van der Waals surface area contributed by atoms with Crippen LogP contribution in [-0.4, -0.2) is 86.8 Å². The van der Waals surface area contributed by atoms with Crippen LogP contribution >= 0.6 is 0 Å². The third-order valence-corrected chi connectivity index (χ3v) is 5.79. The van der Waals surface area contributed by atoms with Crippen molar-refractivity contribution >= 4 is 17.8 Å². The number of nitrogens with zero attached hydrogens (tertiary/aromatic N) is 4. The number of aliphatic imine (C=N–C) groups is 1. The number of likely N-dealkylation sites (tertiary alicyclic amines) is 1. The highest BCUT2D eigenvalue weighted by molar-refractivity contribution is 5.88. The molecule has 1 aliphatic heterocycles. The van der Waals surface area contributed by atoms with E-state index in [2.05, 4.69) is 22.1 Å². The molecule has 1 atom stereocenters. The van der Waals surface area contributed by atoms with Crippen LogP contribution in [0.25, 0.3) is 0 Å². The van der Waals surface area contributed by atoms with Gasteiger partial charge in [0, 0.05) is 41.3 Å². The Hall–Kier alpha value is -1.79. The maximum atomic E-state index is 11.9. The quantitative estimate of drug-likeness (QED) is 0.596. The number of carbonyl (C=O) groups is 2. The van der Waals surface area contributed by atoms with E-state index in [9.17, 15) is 9.59 Å². The summed E-state index contributed by atoms with van der Waals surface area (Å²) in [6, 6.07) is 0. The predicted octanol–water partition coefficient (Wildman–Crippen LogP) is 0.621. The molecule has 1 aliphatic carbocycles. The molecule has 1 spiro atoms. The van der Waals surface area contributed by atoms with Crippen molar-refractivity contribution in [2.75, 3.05) is 54.4 Å². The van der Waals surface area contributed by atoms with Gasteiger partial charge < -0.3 is 20.0 Å². The van der Waals surface area contributed by atoms with E-state index in [0.717, 1.165) is 25.4 Å². The van der Waals surface area contributed by atoms with Gasteiger partial charge in [-0.05, 0) is 30.6 Å². The second kappa shape index (κ2) is 8.06. The Morgan fingerprint density at radius 1 is 1.16 bits per heavy atom. The molecule has 2 amide bonds. The zero-order valence-electron chi connectivity index (χ0n) is 16.3. The fourth-order valence-corrected chi connectivity index (χ4v) is 3.60. The fourth-order valence-electron chi connectivity index (χ4n) is 3.60. The average Bonchev–Trinajstić information content (AvgIpc) is 2.53. The van der Waals surface area contributed by atoms with Crippen molar-refractivity contribution in [3.8, 4) is 0 Å². The lowest BCUT2D eigenvalue weighted by Crippen LogP contribution is -2.56. The molecule has 0 bridgehead atoms. The summed E-state index contributed by atoms with van der Waals surface area (Å²) < 4.78 is 0. The molecule has 0 aromatic heterocycles. The Bertz CT molecular complexity index is 526. The number of carbonyl (C=O) groups excluding carboxylic acids is 2. The van der Waals surface area contributed by atoms with Crippen molar-refractivity contribution in [1.29, 1.82) is 0 Å². The van der Waals surface area contributed by atoms with E-state index in [1.807, 2.05) is 0 Å². The molecule has 2 aliphatic rings. The zero-order valence-corrected chi connectivity index (χ0v) is 16.3. The van der Waals surface area contributed by atoms with E-state index in [4.69, 9.17) is 0 Å². The van der Waals surface area contributed by atoms with Gasteiger partial charge in [0.05, 0.1) is 6.54 Å². The van der Waals surface area contributed by atoms with Crippen LogP contribution in [0.1, 0.15) is 32.6 Å². The van der Waals surface area contributed by atoms with E-state index in [-0.39, 0.29) is 24.9 Å². The number of rotatable bonds is 4. The summed E-state index contributed by atoms with van der Waals surface area (Å²) in [6.45, 7) is 4.53. The Kier molecular flexibility index (Phi) is 6.30. The summed E-state index contributed by atoms with van der Waals surface area (Å²) in [7, 11) is 6.93. The van der Waals surface area contributed by atoms with Crippen LogP contribution in [0.3, 0.4) is 0 Å². The average molecular weight is 351 g/mol. The monoisotopic (exact) mass is 351 g/mol. The molecular formula is C18H33N5O2. The third-order valence-electron chi connectivity index (χ3n) is 5.79. The molecule has 1 heterocycles. The summed E-state index contributed by atoms with van der Waals surface area (Å²) in [5.74, 6) is 1.37. The number of piperidine rings is 1. The van der Waals surface area contributed by atoms with E-state index in [1.54, 1.807) is 33.1 Å². The van der Waals surface area contributed by atoms with Gasteiger partial charge in [0.1, 0.15) is 6.54 Å². The third kappa shape index (κ3) is 4.64. The first-order chi connectivity index (χ1) is 11.7. The molecule has 7 heteroatoms. The van der Waals surface area contributed by atoms with Crippen LogP contribution in [0, 0.1) is 11.3 Å². The number of amides is 2. The summed E-state index contributed by atoms with van der Waals surface area (Å²) >= 11 is 0. The Morgan fingerprint density at radius 2 is 1.80 bits per heavy atom. The lowest BCUT2D eigenvalue weighted by atomic mass is 9.59. The second-order valence-electron chi connectivity index (χ2n) is 7.90.